The Morgan fingerprint density at radius 3 is 2.43 bits per heavy atom. The summed E-state index contributed by atoms with van der Waals surface area (Å²) in [4.78, 5) is 41.5. The topological polar surface area (TPSA) is 77.9 Å². The number of hydrogen-bond donors (Lipinski definition) is 1. The first-order valence-electron chi connectivity index (χ1n) is 9.90. The highest BCUT2D eigenvalue weighted by Gasteiger charge is 2.59. The lowest BCUT2D eigenvalue weighted by atomic mass is 9.86. The summed E-state index contributed by atoms with van der Waals surface area (Å²) in [6, 6.07) is 10.8. The number of amides is 1. The van der Waals surface area contributed by atoms with Crippen molar-refractivity contribution in [3.63, 3.8) is 0 Å². The second-order valence-electron chi connectivity index (χ2n) is 8.13. The molecule has 30 heavy (non-hydrogen) atoms. The van der Waals surface area contributed by atoms with Gasteiger partial charge in [-0.3, -0.25) is 9.59 Å². The van der Waals surface area contributed by atoms with Crippen molar-refractivity contribution in [1.29, 1.82) is 0 Å². The predicted molar refractivity (Wildman–Crippen MR) is 109 cm³/mol. The smallest absolute Gasteiger partial charge is 0.326 e. The van der Waals surface area contributed by atoms with Gasteiger partial charge in [-0.15, -0.1) is 0 Å². The average molecular weight is 410 g/mol. The highest BCUT2D eigenvalue weighted by Crippen LogP contribution is 2.52. The number of benzene rings is 2. The highest BCUT2D eigenvalue weighted by atomic mass is 19.1. The minimum Gasteiger partial charge on any atom is -0.480 e. The van der Waals surface area contributed by atoms with Gasteiger partial charge in [-0.25, -0.2) is 9.18 Å². The summed E-state index contributed by atoms with van der Waals surface area (Å²) in [6.45, 7) is 0. The summed E-state index contributed by atoms with van der Waals surface area (Å²) in [5.74, 6) is -3.35. The van der Waals surface area contributed by atoms with Gasteiger partial charge in [0.2, 0.25) is 0 Å². The summed E-state index contributed by atoms with van der Waals surface area (Å²) in [5, 5.41) is 9.96. The molecular formula is C23H23FN2O4. The molecule has 1 saturated heterocycles. The molecule has 156 valence electrons. The zero-order valence-electron chi connectivity index (χ0n) is 16.8. The summed E-state index contributed by atoms with van der Waals surface area (Å²) >= 11 is 0. The van der Waals surface area contributed by atoms with Crippen LogP contribution in [0.5, 0.6) is 0 Å². The van der Waals surface area contributed by atoms with E-state index in [2.05, 4.69) is 0 Å². The monoisotopic (exact) mass is 410 g/mol. The molecule has 1 N–H and O–H groups in total. The number of aliphatic carboxylic acids is 1. The third kappa shape index (κ3) is 3.24. The number of likely N-dealkylation sites (tertiary alicyclic amines) is 1. The number of ketones is 1. The molecule has 6 nitrogen and oxygen atoms in total. The molecule has 2 aromatic carbocycles. The van der Waals surface area contributed by atoms with Gasteiger partial charge in [0.1, 0.15) is 17.6 Å². The molecule has 0 bridgehead atoms. The molecule has 2 aliphatic rings. The molecule has 4 rings (SSSR count). The van der Waals surface area contributed by atoms with Gasteiger partial charge >= 0.3 is 5.97 Å². The van der Waals surface area contributed by atoms with Crippen LogP contribution in [-0.4, -0.2) is 47.8 Å². The Bertz CT molecular complexity index is 1000. The van der Waals surface area contributed by atoms with Crippen LogP contribution in [0.25, 0.3) is 0 Å². The molecule has 4 atom stereocenters. The third-order valence-corrected chi connectivity index (χ3v) is 6.21. The number of rotatable bonds is 4. The number of carboxylic acids is 1. The van der Waals surface area contributed by atoms with Gasteiger partial charge in [0.25, 0.3) is 5.91 Å². The van der Waals surface area contributed by atoms with Crippen molar-refractivity contribution in [1.82, 2.24) is 4.90 Å². The van der Waals surface area contributed by atoms with Crippen molar-refractivity contribution in [3.05, 3.63) is 65.5 Å². The van der Waals surface area contributed by atoms with E-state index in [1.807, 2.05) is 43.3 Å². The molecule has 2 fully saturated rings. The van der Waals surface area contributed by atoms with E-state index in [1.165, 1.54) is 23.1 Å². The molecule has 1 heterocycles. The van der Waals surface area contributed by atoms with Crippen molar-refractivity contribution in [2.24, 2.45) is 11.8 Å². The number of halogens is 1. The molecule has 0 aromatic heterocycles. The first-order chi connectivity index (χ1) is 14.3. The van der Waals surface area contributed by atoms with Crippen molar-refractivity contribution >= 4 is 23.3 Å². The number of fused-ring (bicyclic) bond motifs is 1. The summed E-state index contributed by atoms with van der Waals surface area (Å²) in [7, 11) is 3.81. The maximum Gasteiger partial charge on any atom is 0.326 e. The van der Waals surface area contributed by atoms with Crippen LogP contribution in [0.15, 0.2) is 48.5 Å². The number of Topliss-reactive ketones (excluding diaryl/α,β-unsaturated/α-hetero) is 1. The summed E-state index contributed by atoms with van der Waals surface area (Å²) in [5.41, 5.74) is 1.73. The van der Waals surface area contributed by atoms with E-state index < -0.39 is 41.6 Å². The van der Waals surface area contributed by atoms with Crippen molar-refractivity contribution in [2.75, 3.05) is 19.0 Å². The SMILES string of the molecule is CN(C)c1ccc(C2C3C(=O)CCC3C(C(=O)O)N2C(=O)c2cccc(F)c2)cc1. The first-order valence-corrected chi connectivity index (χ1v) is 9.90. The molecule has 7 heteroatoms. The molecule has 1 aliphatic heterocycles. The Morgan fingerprint density at radius 1 is 1.13 bits per heavy atom. The van der Waals surface area contributed by atoms with Gasteiger partial charge in [0.05, 0.1) is 6.04 Å². The Kier molecular flexibility index (Phi) is 5.05. The molecule has 4 unspecified atom stereocenters. The number of hydrogen-bond acceptors (Lipinski definition) is 4. The van der Waals surface area contributed by atoms with Crippen LogP contribution in [-0.2, 0) is 9.59 Å². The standard InChI is InChI=1S/C23H23FN2O4/c1-25(2)16-8-6-13(7-9-16)20-19-17(10-11-18(19)27)21(23(29)30)26(20)22(28)14-4-3-5-15(24)12-14/h3-9,12,17,19-21H,10-11H2,1-2H3,(H,29,30). The molecule has 1 saturated carbocycles. The van der Waals surface area contributed by atoms with E-state index >= 15 is 0 Å². The van der Waals surface area contributed by atoms with Gasteiger partial charge < -0.3 is 14.9 Å². The fraction of sp³-hybridized carbons (Fsp3) is 0.348. The quantitative estimate of drug-likeness (QED) is 0.838. The Balaban J connectivity index is 1.83. The van der Waals surface area contributed by atoms with E-state index in [9.17, 15) is 23.9 Å². The van der Waals surface area contributed by atoms with Gasteiger partial charge in [-0.1, -0.05) is 18.2 Å². The summed E-state index contributed by atoms with van der Waals surface area (Å²) < 4.78 is 13.8. The lowest BCUT2D eigenvalue weighted by molar-refractivity contribution is -0.143. The predicted octanol–water partition coefficient (Wildman–Crippen LogP) is 3.14. The lowest BCUT2D eigenvalue weighted by Gasteiger charge is -2.31. The van der Waals surface area contributed by atoms with Crippen LogP contribution < -0.4 is 4.90 Å². The highest BCUT2D eigenvalue weighted by molar-refractivity contribution is 5.99. The lowest BCUT2D eigenvalue weighted by Crippen LogP contribution is -2.44. The molecule has 1 aliphatic carbocycles. The number of carbonyl (C=O) groups excluding carboxylic acids is 2. The molecule has 0 spiro atoms. The Labute approximate surface area is 173 Å². The molecule has 2 aromatic rings. The number of nitrogens with zero attached hydrogens (tertiary/aromatic N) is 2. The molecule has 1 amide bonds. The van der Waals surface area contributed by atoms with Gasteiger partial charge in [-0.2, -0.15) is 0 Å². The van der Waals surface area contributed by atoms with Crippen LogP contribution in [0.4, 0.5) is 10.1 Å². The minimum absolute atomic E-state index is 0.0255. The normalized spacial score (nSPS) is 25.3. The van der Waals surface area contributed by atoms with Crippen LogP contribution in [0.3, 0.4) is 0 Å². The zero-order chi connectivity index (χ0) is 21.6. The Hall–Kier alpha value is -3.22. The van der Waals surface area contributed by atoms with Crippen molar-refractivity contribution < 1.29 is 23.9 Å². The van der Waals surface area contributed by atoms with Crippen LogP contribution >= 0.6 is 0 Å². The van der Waals surface area contributed by atoms with Gasteiger partial charge in [-0.05, 0) is 42.3 Å². The maximum atomic E-state index is 13.8. The largest absolute Gasteiger partial charge is 0.480 e. The van der Waals surface area contributed by atoms with Crippen molar-refractivity contribution in [3.8, 4) is 0 Å². The van der Waals surface area contributed by atoms with Crippen molar-refractivity contribution in [2.45, 2.75) is 24.9 Å². The molecule has 0 radical (unpaired) electrons. The van der Waals surface area contributed by atoms with Gasteiger partial charge in [0, 0.05) is 43.6 Å². The second-order valence-corrected chi connectivity index (χ2v) is 8.13. The maximum absolute atomic E-state index is 13.8. The number of carbonyl (C=O) groups is 3. The zero-order valence-corrected chi connectivity index (χ0v) is 16.8. The minimum atomic E-state index is -1.14. The summed E-state index contributed by atoms with van der Waals surface area (Å²) in [6.07, 6.45) is 0.743. The average Bonchev–Trinajstić information content (AvgIpc) is 3.25. The fourth-order valence-electron chi connectivity index (χ4n) is 4.87. The van der Waals surface area contributed by atoms with Crippen LogP contribution in [0.2, 0.25) is 0 Å². The first kappa shape index (κ1) is 20.1. The third-order valence-electron chi connectivity index (χ3n) is 6.21. The number of anilines is 1. The molecular weight excluding hydrogens is 387 g/mol. The van der Waals surface area contributed by atoms with E-state index in [1.54, 1.807) is 0 Å². The van der Waals surface area contributed by atoms with E-state index in [0.717, 1.165) is 11.8 Å². The Morgan fingerprint density at radius 2 is 1.83 bits per heavy atom. The van der Waals surface area contributed by atoms with E-state index in [-0.39, 0.29) is 11.3 Å². The number of carboxylic acid groups (broad SMARTS) is 1. The van der Waals surface area contributed by atoms with Crippen LogP contribution in [0.1, 0.15) is 34.8 Å². The van der Waals surface area contributed by atoms with E-state index in [4.69, 9.17) is 0 Å². The van der Waals surface area contributed by atoms with Gasteiger partial charge in [0.15, 0.2) is 0 Å². The van der Waals surface area contributed by atoms with Crippen LogP contribution in [0, 0.1) is 17.7 Å². The fourth-order valence-corrected chi connectivity index (χ4v) is 4.87. The second kappa shape index (κ2) is 7.55. The van der Waals surface area contributed by atoms with E-state index in [0.29, 0.717) is 18.4 Å².